The summed E-state index contributed by atoms with van der Waals surface area (Å²) in [7, 11) is 1.53. The summed E-state index contributed by atoms with van der Waals surface area (Å²) >= 11 is 0. The largest absolute Gasteiger partial charge is 0.497 e. The molecule has 3 rings (SSSR count). The van der Waals surface area contributed by atoms with Crippen LogP contribution < -0.4 is 4.74 Å². The Hall–Kier alpha value is -2.17. The van der Waals surface area contributed by atoms with Crippen LogP contribution in [0.15, 0.2) is 30.3 Å². The molecule has 35 heavy (non-hydrogen) atoms. The third-order valence-electron chi connectivity index (χ3n) is 5.81. The molecule has 2 heterocycles. The number of methoxy groups -OCH3 is 1. The van der Waals surface area contributed by atoms with Crippen molar-refractivity contribution >= 4 is 12.0 Å². The van der Waals surface area contributed by atoms with Gasteiger partial charge < -0.3 is 59.4 Å². The molecule has 1 aromatic rings. The maximum Gasteiger partial charge on any atom is 0.330 e. The molecule has 2 fully saturated rings. The van der Waals surface area contributed by atoms with Gasteiger partial charge in [-0.3, -0.25) is 0 Å². The highest BCUT2D eigenvalue weighted by Gasteiger charge is 2.58. The normalized spacial score (nSPS) is 37.5. The predicted molar refractivity (Wildman–Crippen MR) is 115 cm³/mol. The lowest BCUT2D eigenvalue weighted by Gasteiger charge is -2.43. The molecular formula is C22H30O13. The molecule has 0 radical (unpaired) electrons. The van der Waals surface area contributed by atoms with Crippen molar-refractivity contribution in [2.24, 2.45) is 0 Å². The Bertz CT molecular complexity index is 861. The van der Waals surface area contributed by atoms with Gasteiger partial charge in [0.2, 0.25) is 5.79 Å². The van der Waals surface area contributed by atoms with Crippen LogP contribution in [0.5, 0.6) is 5.75 Å². The third-order valence-corrected chi connectivity index (χ3v) is 5.81. The van der Waals surface area contributed by atoms with Gasteiger partial charge in [-0.15, -0.1) is 0 Å². The van der Waals surface area contributed by atoms with Crippen molar-refractivity contribution in [3.8, 4) is 5.75 Å². The van der Waals surface area contributed by atoms with Gasteiger partial charge in [-0.1, -0.05) is 12.1 Å². The van der Waals surface area contributed by atoms with E-state index in [1.807, 2.05) is 0 Å². The lowest BCUT2D eigenvalue weighted by atomic mass is 9.99. The summed E-state index contributed by atoms with van der Waals surface area (Å²) in [5.41, 5.74) is 0.691. The van der Waals surface area contributed by atoms with Gasteiger partial charge >= 0.3 is 5.97 Å². The van der Waals surface area contributed by atoms with Gasteiger partial charge in [0.1, 0.15) is 61.7 Å². The molecule has 0 unspecified atom stereocenters. The molecule has 7 N–H and O–H groups in total. The maximum absolute atomic E-state index is 12.1. The second-order valence-corrected chi connectivity index (χ2v) is 8.11. The first-order chi connectivity index (χ1) is 16.7. The smallest absolute Gasteiger partial charge is 0.330 e. The lowest BCUT2D eigenvalue weighted by molar-refractivity contribution is -0.383. The number of benzene rings is 1. The highest BCUT2D eigenvalue weighted by molar-refractivity contribution is 5.87. The van der Waals surface area contributed by atoms with Crippen molar-refractivity contribution in [3.05, 3.63) is 35.9 Å². The molecule has 13 nitrogen and oxygen atoms in total. The minimum atomic E-state index is -2.30. The maximum atomic E-state index is 12.1. The van der Waals surface area contributed by atoms with Gasteiger partial charge in [0, 0.05) is 6.08 Å². The molecule has 0 aliphatic carbocycles. The van der Waals surface area contributed by atoms with Crippen LogP contribution in [0, 0.1) is 0 Å². The Morgan fingerprint density at radius 2 is 1.69 bits per heavy atom. The van der Waals surface area contributed by atoms with E-state index < -0.39 is 80.6 Å². The van der Waals surface area contributed by atoms with E-state index in [1.54, 1.807) is 24.3 Å². The zero-order valence-electron chi connectivity index (χ0n) is 18.8. The number of rotatable bonds is 9. The number of carbonyl (C=O) groups is 1. The number of esters is 1. The molecule has 1 aromatic carbocycles. The quantitative estimate of drug-likeness (QED) is 0.132. The van der Waals surface area contributed by atoms with Crippen LogP contribution in [-0.4, -0.2) is 123 Å². The SMILES string of the molecule is COc1ccc(C=CC(=O)OC[C@@H]2O[C@H](O[C@@]3(CO)O[C@H](CO)[C@@H](O)[C@@H]3O)[C@H](O)[C@@H](O)[C@@H]2O)cc1. The van der Waals surface area contributed by atoms with Crippen molar-refractivity contribution < 1.29 is 64.2 Å². The van der Waals surface area contributed by atoms with E-state index in [2.05, 4.69) is 0 Å². The van der Waals surface area contributed by atoms with E-state index in [-0.39, 0.29) is 0 Å². The average Bonchev–Trinajstić information content (AvgIpc) is 3.12. The fourth-order valence-electron chi connectivity index (χ4n) is 3.71. The van der Waals surface area contributed by atoms with Crippen LogP contribution in [0.4, 0.5) is 0 Å². The first-order valence-electron chi connectivity index (χ1n) is 10.8. The fourth-order valence-corrected chi connectivity index (χ4v) is 3.71. The molecule has 13 heteroatoms. The van der Waals surface area contributed by atoms with Gasteiger partial charge in [0.25, 0.3) is 0 Å². The Kier molecular flexibility index (Phi) is 9.17. The minimum absolute atomic E-state index is 0.548. The van der Waals surface area contributed by atoms with Crippen LogP contribution in [-0.2, 0) is 23.7 Å². The number of hydrogen-bond donors (Lipinski definition) is 7. The van der Waals surface area contributed by atoms with Crippen LogP contribution in [0.2, 0.25) is 0 Å². The predicted octanol–water partition coefficient (Wildman–Crippen LogP) is -3.12. The van der Waals surface area contributed by atoms with Crippen molar-refractivity contribution in [1.29, 1.82) is 0 Å². The molecule has 0 aromatic heterocycles. The summed E-state index contributed by atoms with van der Waals surface area (Å²) in [4.78, 5) is 12.1. The van der Waals surface area contributed by atoms with E-state index >= 15 is 0 Å². The molecule has 2 aliphatic heterocycles. The van der Waals surface area contributed by atoms with Gasteiger partial charge in [0.05, 0.1) is 13.7 Å². The molecule has 0 saturated carbocycles. The second kappa shape index (κ2) is 11.7. The van der Waals surface area contributed by atoms with Crippen molar-refractivity contribution in [2.45, 2.75) is 54.8 Å². The van der Waals surface area contributed by atoms with E-state index in [0.29, 0.717) is 11.3 Å². The van der Waals surface area contributed by atoms with Crippen LogP contribution in [0.3, 0.4) is 0 Å². The molecule has 0 spiro atoms. The monoisotopic (exact) mass is 502 g/mol. The van der Waals surface area contributed by atoms with Crippen molar-refractivity contribution in [1.82, 2.24) is 0 Å². The van der Waals surface area contributed by atoms with Crippen LogP contribution in [0.1, 0.15) is 5.56 Å². The zero-order chi connectivity index (χ0) is 25.8. The number of aliphatic hydroxyl groups is 7. The lowest BCUT2D eigenvalue weighted by Crippen LogP contribution is -2.62. The number of carbonyl (C=O) groups excluding carboxylic acids is 1. The molecule has 196 valence electrons. The van der Waals surface area contributed by atoms with E-state index in [1.165, 1.54) is 13.2 Å². The Labute approximate surface area is 200 Å². The third kappa shape index (κ3) is 5.98. The highest BCUT2D eigenvalue weighted by Crippen LogP contribution is 2.36. The van der Waals surface area contributed by atoms with Gasteiger partial charge in [0.15, 0.2) is 6.29 Å². The van der Waals surface area contributed by atoms with E-state index in [9.17, 15) is 40.5 Å². The highest BCUT2D eigenvalue weighted by atomic mass is 16.8. The molecule has 0 bridgehead atoms. The molecule has 2 saturated heterocycles. The van der Waals surface area contributed by atoms with Gasteiger partial charge in [-0.25, -0.2) is 4.79 Å². The van der Waals surface area contributed by atoms with Crippen molar-refractivity contribution in [2.75, 3.05) is 26.9 Å². The fraction of sp³-hybridized carbons (Fsp3) is 0.591. The van der Waals surface area contributed by atoms with Gasteiger partial charge in [-0.05, 0) is 23.8 Å². The summed E-state index contributed by atoms with van der Waals surface area (Å²) in [6, 6.07) is 6.84. The zero-order valence-corrected chi connectivity index (χ0v) is 18.8. The number of aliphatic hydroxyl groups excluding tert-OH is 7. The minimum Gasteiger partial charge on any atom is -0.497 e. The first kappa shape index (κ1) is 27.4. The standard InChI is InChI=1S/C22H30O13/c1-31-12-5-2-11(3-6-12)4-7-15(25)32-9-14-16(26)18(28)19(29)21(33-14)35-22(10-24)20(30)17(27)13(8-23)34-22/h2-7,13-14,16-21,23-24,26-30H,8-10H2,1H3/t13-,14+,16-,17-,18+,19-,20+,21-,22-/m1/s1. The van der Waals surface area contributed by atoms with Crippen molar-refractivity contribution in [3.63, 3.8) is 0 Å². The first-order valence-corrected chi connectivity index (χ1v) is 10.8. The summed E-state index contributed by atoms with van der Waals surface area (Å²) in [6.45, 7) is -2.27. The average molecular weight is 502 g/mol. The second-order valence-electron chi connectivity index (χ2n) is 8.11. The Morgan fingerprint density at radius 3 is 2.26 bits per heavy atom. The molecule has 0 amide bonds. The number of hydrogen-bond acceptors (Lipinski definition) is 13. The van der Waals surface area contributed by atoms with Crippen LogP contribution in [0.25, 0.3) is 6.08 Å². The van der Waals surface area contributed by atoms with E-state index in [4.69, 9.17) is 23.7 Å². The number of ether oxygens (including phenoxy) is 5. The summed E-state index contributed by atoms with van der Waals surface area (Å²) < 4.78 is 26.2. The summed E-state index contributed by atoms with van der Waals surface area (Å²) in [5.74, 6) is -2.45. The molecule has 9 atom stereocenters. The molecular weight excluding hydrogens is 472 g/mol. The van der Waals surface area contributed by atoms with E-state index in [0.717, 1.165) is 6.08 Å². The van der Waals surface area contributed by atoms with Gasteiger partial charge in [-0.2, -0.15) is 0 Å². The van der Waals surface area contributed by atoms with Crippen LogP contribution >= 0.6 is 0 Å². The Morgan fingerprint density at radius 1 is 1.00 bits per heavy atom. The Balaban J connectivity index is 1.63. The summed E-state index contributed by atoms with van der Waals surface area (Å²) in [6.07, 6.45) is -10.7. The topological polar surface area (TPSA) is 205 Å². The summed E-state index contributed by atoms with van der Waals surface area (Å²) in [5, 5.41) is 70.0. The molecule has 2 aliphatic rings.